The van der Waals surface area contributed by atoms with Gasteiger partial charge in [-0.25, -0.2) is 0 Å². The maximum Gasteiger partial charge on any atom is 0.269 e. The fourth-order valence-electron chi connectivity index (χ4n) is 1.30. The number of benzene rings is 1. The maximum atomic E-state index is 10.7. The molecule has 1 rings (SSSR count). The van der Waals surface area contributed by atoms with E-state index in [4.69, 9.17) is 10.6 Å². The van der Waals surface area contributed by atoms with E-state index in [1.165, 1.54) is 12.1 Å². The number of nitrogens with zero attached hydrogens (tertiary/aromatic N) is 1. The Morgan fingerprint density at radius 3 is 2.82 bits per heavy atom. The van der Waals surface area contributed by atoms with Gasteiger partial charge in [0.05, 0.1) is 23.3 Å². The number of nitrogens with one attached hydrogen (secondary N) is 1. The number of non-ortho nitro benzene ring substituents is 1. The molecule has 94 valence electrons. The van der Waals surface area contributed by atoms with E-state index in [0.29, 0.717) is 17.9 Å². The highest BCUT2D eigenvalue weighted by molar-refractivity contribution is 5.55. The third kappa shape index (κ3) is 3.69. The second-order valence-electron chi connectivity index (χ2n) is 3.77. The van der Waals surface area contributed by atoms with Crippen LogP contribution in [0, 0.1) is 10.1 Å². The van der Waals surface area contributed by atoms with Crippen LogP contribution in [-0.4, -0.2) is 11.0 Å². The monoisotopic (exact) mass is 239 g/mol. The zero-order chi connectivity index (χ0) is 12.8. The van der Waals surface area contributed by atoms with Gasteiger partial charge in [-0.15, -0.1) is 0 Å². The molecule has 0 spiro atoms. The summed E-state index contributed by atoms with van der Waals surface area (Å²) in [4.78, 5) is 10.2. The van der Waals surface area contributed by atoms with Crippen molar-refractivity contribution in [2.24, 2.45) is 5.84 Å². The minimum Gasteiger partial charge on any atom is -0.374 e. The number of hydrogen-bond donors (Lipinski definition) is 2. The molecular weight excluding hydrogens is 222 g/mol. The maximum absolute atomic E-state index is 10.7. The number of ether oxygens (including phenoxy) is 1. The van der Waals surface area contributed by atoms with Crippen LogP contribution >= 0.6 is 0 Å². The zero-order valence-corrected chi connectivity index (χ0v) is 9.97. The van der Waals surface area contributed by atoms with Crippen molar-refractivity contribution in [3.05, 3.63) is 33.9 Å². The van der Waals surface area contributed by atoms with Gasteiger partial charge in [-0.1, -0.05) is 6.92 Å². The summed E-state index contributed by atoms with van der Waals surface area (Å²) in [5, 5.41) is 10.7. The highest BCUT2D eigenvalue weighted by atomic mass is 16.6. The second-order valence-corrected chi connectivity index (χ2v) is 3.77. The smallest absolute Gasteiger partial charge is 0.269 e. The largest absolute Gasteiger partial charge is 0.374 e. The van der Waals surface area contributed by atoms with Crippen LogP contribution in [0.4, 0.5) is 11.4 Å². The van der Waals surface area contributed by atoms with Crippen LogP contribution in [0.3, 0.4) is 0 Å². The van der Waals surface area contributed by atoms with Crippen LogP contribution in [0.1, 0.15) is 25.8 Å². The van der Waals surface area contributed by atoms with Crippen molar-refractivity contribution < 1.29 is 9.66 Å². The SMILES string of the molecule is CCC(C)OCc1cc([N+](=O)[O-])ccc1NN. The van der Waals surface area contributed by atoms with E-state index in [2.05, 4.69) is 5.43 Å². The Bertz CT molecular complexity index is 396. The average Bonchev–Trinajstić information content (AvgIpc) is 2.35. The van der Waals surface area contributed by atoms with E-state index in [-0.39, 0.29) is 11.8 Å². The average molecular weight is 239 g/mol. The highest BCUT2D eigenvalue weighted by Crippen LogP contribution is 2.22. The minimum atomic E-state index is -0.437. The molecule has 1 unspecified atom stereocenters. The summed E-state index contributed by atoms with van der Waals surface area (Å²) in [6, 6.07) is 4.45. The quantitative estimate of drug-likeness (QED) is 0.451. The van der Waals surface area contributed by atoms with Crippen LogP contribution in [0.2, 0.25) is 0 Å². The number of hydrazine groups is 1. The van der Waals surface area contributed by atoms with Gasteiger partial charge in [0.1, 0.15) is 0 Å². The Labute approximate surface area is 99.9 Å². The van der Waals surface area contributed by atoms with E-state index in [0.717, 1.165) is 6.42 Å². The number of hydrogen-bond acceptors (Lipinski definition) is 5. The van der Waals surface area contributed by atoms with Gasteiger partial charge in [0, 0.05) is 17.7 Å². The zero-order valence-electron chi connectivity index (χ0n) is 9.97. The third-order valence-corrected chi connectivity index (χ3v) is 2.55. The van der Waals surface area contributed by atoms with Crippen molar-refractivity contribution in [3.63, 3.8) is 0 Å². The first-order chi connectivity index (χ1) is 8.08. The van der Waals surface area contributed by atoms with Gasteiger partial charge in [0.2, 0.25) is 0 Å². The van der Waals surface area contributed by atoms with Crippen molar-refractivity contribution in [1.29, 1.82) is 0 Å². The molecule has 1 aromatic carbocycles. The number of nitrogens with two attached hydrogens (primary N) is 1. The van der Waals surface area contributed by atoms with Crippen molar-refractivity contribution in [3.8, 4) is 0 Å². The van der Waals surface area contributed by atoms with E-state index < -0.39 is 4.92 Å². The normalized spacial score (nSPS) is 12.2. The van der Waals surface area contributed by atoms with Gasteiger partial charge < -0.3 is 10.2 Å². The Balaban J connectivity index is 2.86. The fourth-order valence-corrected chi connectivity index (χ4v) is 1.30. The molecule has 0 heterocycles. The molecule has 6 heteroatoms. The van der Waals surface area contributed by atoms with E-state index in [1.807, 2.05) is 13.8 Å². The van der Waals surface area contributed by atoms with Gasteiger partial charge in [0.15, 0.2) is 0 Å². The van der Waals surface area contributed by atoms with Gasteiger partial charge in [-0.3, -0.25) is 16.0 Å². The fraction of sp³-hybridized carbons (Fsp3) is 0.455. The predicted molar refractivity (Wildman–Crippen MR) is 65.4 cm³/mol. The van der Waals surface area contributed by atoms with Crippen LogP contribution in [0.15, 0.2) is 18.2 Å². The Kier molecular flexibility index (Phi) is 4.86. The molecule has 1 atom stereocenters. The summed E-state index contributed by atoms with van der Waals surface area (Å²) in [6.07, 6.45) is 1.00. The lowest BCUT2D eigenvalue weighted by molar-refractivity contribution is -0.384. The van der Waals surface area contributed by atoms with Crippen molar-refractivity contribution in [1.82, 2.24) is 0 Å². The van der Waals surface area contributed by atoms with Gasteiger partial charge in [0.25, 0.3) is 5.69 Å². The lowest BCUT2D eigenvalue weighted by Crippen LogP contribution is -2.12. The Morgan fingerprint density at radius 1 is 1.59 bits per heavy atom. The number of nitro groups is 1. The minimum absolute atomic E-state index is 0.0340. The van der Waals surface area contributed by atoms with Crippen molar-refractivity contribution >= 4 is 11.4 Å². The topological polar surface area (TPSA) is 90.4 Å². The van der Waals surface area contributed by atoms with Crippen molar-refractivity contribution in [2.75, 3.05) is 5.43 Å². The number of anilines is 1. The van der Waals surface area contributed by atoms with Crippen LogP contribution in [0.5, 0.6) is 0 Å². The van der Waals surface area contributed by atoms with Crippen LogP contribution < -0.4 is 11.3 Å². The Hall–Kier alpha value is -1.66. The van der Waals surface area contributed by atoms with Crippen LogP contribution in [0.25, 0.3) is 0 Å². The van der Waals surface area contributed by atoms with E-state index in [1.54, 1.807) is 6.07 Å². The molecule has 0 saturated carbocycles. The summed E-state index contributed by atoms with van der Waals surface area (Å²) in [5.74, 6) is 5.34. The molecule has 0 aliphatic heterocycles. The predicted octanol–water partition coefficient (Wildman–Crippen LogP) is 2.20. The molecule has 0 aromatic heterocycles. The van der Waals surface area contributed by atoms with Gasteiger partial charge >= 0.3 is 0 Å². The van der Waals surface area contributed by atoms with Gasteiger partial charge in [-0.05, 0) is 19.4 Å². The molecule has 0 bridgehead atoms. The first kappa shape index (κ1) is 13.4. The van der Waals surface area contributed by atoms with Gasteiger partial charge in [-0.2, -0.15) is 0 Å². The molecule has 0 amide bonds. The number of nitrogen functional groups attached to an aromatic ring is 1. The summed E-state index contributed by atoms with van der Waals surface area (Å²) >= 11 is 0. The lowest BCUT2D eigenvalue weighted by Gasteiger charge is -2.13. The van der Waals surface area contributed by atoms with E-state index in [9.17, 15) is 10.1 Å². The summed E-state index contributed by atoms with van der Waals surface area (Å²) in [5.41, 5.74) is 3.86. The molecule has 3 N–H and O–H groups in total. The molecule has 0 radical (unpaired) electrons. The summed E-state index contributed by atoms with van der Waals surface area (Å²) < 4.78 is 5.54. The molecule has 1 aromatic rings. The molecule has 6 nitrogen and oxygen atoms in total. The molecule has 0 fully saturated rings. The first-order valence-corrected chi connectivity index (χ1v) is 5.44. The lowest BCUT2D eigenvalue weighted by atomic mass is 10.1. The molecular formula is C11H17N3O3. The molecule has 0 saturated heterocycles. The highest BCUT2D eigenvalue weighted by Gasteiger charge is 2.11. The first-order valence-electron chi connectivity index (χ1n) is 5.44. The third-order valence-electron chi connectivity index (χ3n) is 2.55. The second kappa shape index (κ2) is 6.17. The van der Waals surface area contributed by atoms with Crippen molar-refractivity contribution in [2.45, 2.75) is 33.0 Å². The summed E-state index contributed by atoms with van der Waals surface area (Å²) in [7, 11) is 0. The number of nitro benzene ring substituents is 1. The standard InChI is InChI=1S/C11H17N3O3/c1-3-8(2)17-7-9-6-10(14(15)16)4-5-11(9)13-12/h4-6,8,13H,3,7,12H2,1-2H3. The van der Waals surface area contributed by atoms with E-state index >= 15 is 0 Å². The summed E-state index contributed by atoms with van der Waals surface area (Å²) in [6.45, 7) is 4.27. The molecule has 0 aliphatic carbocycles. The number of rotatable bonds is 6. The Morgan fingerprint density at radius 2 is 2.29 bits per heavy atom. The van der Waals surface area contributed by atoms with Crippen LogP contribution in [-0.2, 0) is 11.3 Å². The molecule has 0 aliphatic rings. The molecule has 17 heavy (non-hydrogen) atoms.